The molecule has 5 rings (SSSR count). The first-order chi connectivity index (χ1) is 15.3. The van der Waals surface area contributed by atoms with E-state index in [4.69, 9.17) is 34.8 Å². The van der Waals surface area contributed by atoms with E-state index in [0.29, 0.717) is 20.8 Å². The van der Waals surface area contributed by atoms with Gasteiger partial charge in [-0.2, -0.15) is 0 Å². The summed E-state index contributed by atoms with van der Waals surface area (Å²) in [6, 6.07) is 17.3. The summed E-state index contributed by atoms with van der Waals surface area (Å²) in [6.45, 7) is 0. The zero-order valence-electron chi connectivity index (χ0n) is 16.7. The largest absolute Gasteiger partial charge is 0.378 e. The van der Waals surface area contributed by atoms with Crippen molar-refractivity contribution in [3.05, 3.63) is 99.0 Å². The van der Waals surface area contributed by atoms with Crippen molar-refractivity contribution in [3.63, 3.8) is 0 Å². The Morgan fingerprint density at radius 1 is 0.906 bits per heavy atom. The summed E-state index contributed by atoms with van der Waals surface area (Å²) in [7, 11) is -3.81. The summed E-state index contributed by atoms with van der Waals surface area (Å²) < 4.78 is 28.7. The van der Waals surface area contributed by atoms with Crippen LogP contribution in [0.5, 0.6) is 0 Å². The number of benzene rings is 3. The van der Waals surface area contributed by atoms with Crippen LogP contribution in [0.1, 0.15) is 29.5 Å². The zero-order valence-corrected chi connectivity index (χ0v) is 19.8. The van der Waals surface area contributed by atoms with Crippen molar-refractivity contribution in [1.82, 2.24) is 0 Å². The Kier molecular flexibility index (Phi) is 5.62. The minimum atomic E-state index is -3.81. The van der Waals surface area contributed by atoms with Crippen molar-refractivity contribution in [2.45, 2.75) is 23.3 Å². The fourth-order valence-corrected chi connectivity index (χ4v) is 6.57. The normalized spacial score (nSPS) is 21.5. The summed E-state index contributed by atoms with van der Waals surface area (Å²) >= 11 is 19.2. The highest BCUT2D eigenvalue weighted by Crippen LogP contribution is 2.52. The van der Waals surface area contributed by atoms with Crippen molar-refractivity contribution in [3.8, 4) is 0 Å². The van der Waals surface area contributed by atoms with Crippen LogP contribution in [0.15, 0.2) is 77.7 Å². The van der Waals surface area contributed by atoms with Crippen LogP contribution in [0.4, 0.5) is 11.4 Å². The highest BCUT2D eigenvalue weighted by atomic mass is 35.5. The maximum Gasteiger partial charge on any atom is 0.261 e. The fourth-order valence-electron chi connectivity index (χ4n) is 4.58. The maximum absolute atomic E-state index is 13.1. The molecule has 0 fully saturated rings. The SMILES string of the molecule is O=S(=O)(Nc1ccccc1Cl)c1ccc2c(c1)[C@H]1C=CC[C@H]1[C@@H](c1c(Cl)cccc1Cl)N2. The van der Waals surface area contributed by atoms with Crippen molar-refractivity contribution in [1.29, 1.82) is 0 Å². The molecule has 32 heavy (non-hydrogen) atoms. The molecule has 2 N–H and O–H groups in total. The number of para-hydroxylation sites is 1. The molecule has 1 heterocycles. The lowest BCUT2D eigenvalue weighted by atomic mass is 9.77. The van der Waals surface area contributed by atoms with E-state index in [-0.39, 0.29) is 22.8 Å². The molecule has 1 aliphatic carbocycles. The Morgan fingerprint density at radius 3 is 2.38 bits per heavy atom. The van der Waals surface area contributed by atoms with E-state index in [9.17, 15) is 8.42 Å². The Balaban J connectivity index is 1.53. The van der Waals surface area contributed by atoms with Crippen LogP contribution in [0, 0.1) is 5.92 Å². The third kappa shape index (κ3) is 3.77. The molecule has 2 aliphatic rings. The molecule has 0 radical (unpaired) electrons. The first-order valence-electron chi connectivity index (χ1n) is 10.1. The molecule has 4 nitrogen and oxygen atoms in total. The second kappa shape index (κ2) is 8.31. The Hall–Kier alpha value is -2.18. The molecule has 0 spiro atoms. The summed E-state index contributed by atoms with van der Waals surface area (Å²) in [4.78, 5) is 0.186. The van der Waals surface area contributed by atoms with Crippen LogP contribution < -0.4 is 10.0 Å². The number of halogens is 3. The van der Waals surface area contributed by atoms with Crippen LogP contribution in [-0.4, -0.2) is 8.42 Å². The van der Waals surface area contributed by atoms with E-state index in [1.54, 1.807) is 42.5 Å². The van der Waals surface area contributed by atoms with E-state index in [0.717, 1.165) is 23.2 Å². The van der Waals surface area contributed by atoms with Crippen molar-refractivity contribution in [2.75, 3.05) is 10.0 Å². The molecule has 164 valence electrons. The second-order valence-electron chi connectivity index (χ2n) is 7.95. The van der Waals surface area contributed by atoms with E-state index in [1.807, 2.05) is 18.2 Å². The monoisotopic (exact) mass is 504 g/mol. The lowest BCUT2D eigenvalue weighted by Crippen LogP contribution is -2.29. The number of sulfonamides is 1. The number of nitrogens with one attached hydrogen (secondary N) is 2. The smallest absolute Gasteiger partial charge is 0.261 e. The third-order valence-corrected chi connectivity index (χ3v) is 8.43. The van der Waals surface area contributed by atoms with Gasteiger partial charge in [-0.1, -0.05) is 65.2 Å². The Bertz CT molecular complexity index is 1320. The Morgan fingerprint density at radius 2 is 1.62 bits per heavy atom. The molecular weight excluding hydrogens is 487 g/mol. The quantitative estimate of drug-likeness (QED) is 0.366. The van der Waals surface area contributed by atoms with E-state index in [2.05, 4.69) is 22.2 Å². The van der Waals surface area contributed by atoms with Gasteiger partial charge in [0.05, 0.1) is 21.6 Å². The van der Waals surface area contributed by atoms with Gasteiger partial charge < -0.3 is 5.32 Å². The van der Waals surface area contributed by atoms with Crippen LogP contribution in [0.3, 0.4) is 0 Å². The first kappa shape index (κ1) is 21.7. The van der Waals surface area contributed by atoms with Gasteiger partial charge in [-0.3, -0.25) is 4.72 Å². The molecule has 1 aliphatic heterocycles. The minimum Gasteiger partial charge on any atom is -0.378 e. The number of allylic oxidation sites excluding steroid dienone is 2. The molecule has 8 heteroatoms. The highest BCUT2D eigenvalue weighted by Gasteiger charge is 2.40. The number of anilines is 2. The van der Waals surface area contributed by atoms with Crippen molar-refractivity contribution < 1.29 is 8.42 Å². The van der Waals surface area contributed by atoms with Gasteiger partial charge in [0, 0.05) is 27.2 Å². The molecule has 3 atom stereocenters. The van der Waals surface area contributed by atoms with Crippen LogP contribution in [-0.2, 0) is 10.0 Å². The molecule has 0 amide bonds. The molecule has 0 bridgehead atoms. The van der Waals surface area contributed by atoms with Crippen molar-refractivity contribution in [2.24, 2.45) is 5.92 Å². The van der Waals surface area contributed by atoms with Gasteiger partial charge in [-0.25, -0.2) is 8.42 Å². The summed E-state index contributed by atoms with van der Waals surface area (Å²) in [5.74, 6) is 0.230. The van der Waals surface area contributed by atoms with Gasteiger partial charge in [0.15, 0.2) is 0 Å². The molecular formula is C24H19Cl3N2O2S. The molecule has 0 saturated heterocycles. The lowest BCUT2D eigenvalue weighted by Gasteiger charge is -2.38. The second-order valence-corrected chi connectivity index (χ2v) is 10.8. The van der Waals surface area contributed by atoms with Crippen LogP contribution in [0.2, 0.25) is 15.1 Å². The number of rotatable bonds is 4. The topological polar surface area (TPSA) is 58.2 Å². The number of hydrogen-bond acceptors (Lipinski definition) is 3. The van der Waals surface area contributed by atoms with E-state index in [1.165, 1.54) is 0 Å². The number of hydrogen-bond donors (Lipinski definition) is 2. The first-order valence-corrected chi connectivity index (χ1v) is 12.8. The van der Waals surface area contributed by atoms with E-state index >= 15 is 0 Å². The van der Waals surface area contributed by atoms with Gasteiger partial charge in [0.1, 0.15) is 0 Å². The highest BCUT2D eigenvalue weighted by molar-refractivity contribution is 7.92. The summed E-state index contributed by atoms with van der Waals surface area (Å²) in [5, 5.41) is 5.14. The predicted octanol–water partition coefficient (Wildman–Crippen LogP) is 7.27. The van der Waals surface area contributed by atoms with Crippen molar-refractivity contribution >= 4 is 56.2 Å². The fraction of sp³-hybridized carbons (Fsp3) is 0.167. The summed E-state index contributed by atoms with van der Waals surface area (Å²) in [6.07, 6.45) is 5.12. The zero-order chi connectivity index (χ0) is 22.5. The molecule has 0 saturated carbocycles. The molecule has 0 aromatic heterocycles. The van der Waals surface area contributed by atoms with Gasteiger partial charge >= 0.3 is 0 Å². The standard InChI is InChI=1S/C24H19Cl3N2O2S/c25-18-7-1-2-10-22(18)29-32(30,31)14-11-12-21-17(13-14)15-5-3-6-16(15)24(28-21)23-19(26)8-4-9-20(23)27/h1-5,7-13,15-16,24,28-29H,6H2/t15-,16+,24-/m0/s1. The number of fused-ring (bicyclic) bond motifs is 3. The lowest BCUT2D eigenvalue weighted by molar-refractivity contribution is 0.425. The summed E-state index contributed by atoms with van der Waals surface area (Å²) in [5.41, 5.74) is 3.02. The van der Waals surface area contributed by atoms with Crippen LogP contribution in [0.25, 0.3) is 0 Å². The molecule has 3 aromatic carbocycles. The van der Waals surface area contributed by atoms with Gasteiger partial charge in [-0.05, 0) is 60.4 Å². The van der Waals surface area contributed by atoms with Crippen LogP contribution >= 0.6 is 34.8 Å². The molecule has 3 aromatic rings. The maximum atomic E-state index is 13.1. The minimum absolute atomic E-state index is 0.0547. The van der Waals surface area contributed by atoms with Gasteiger partial charge in [0.2, 0.25) is 0 Å². The Labute approximate surface area is 202 Å². The predicted molar refractivity (Wildman–Crippen MR) is 132 cm³/mol. The van der Waals surface area contributed by atoms with E-state index < -0.39 is 10.0 Å². The van der Waals surface area contributed by atoms with Gasteiger partial charge in [-0.15, -0.1) is 0 Å². The van der Waals surface area contributed by atoms with Gasteiger partial charge in [0.25, 0.3) is 10.0 Å². The third-order valence-electron chi connectivity index (χ3n) is 6.07. The average Bonchev–Trinajstić information content (AvgIpc) is 3.25. The molecule has 0 unspecified atom stereocenters. The average molecular weight is 506 g/mol.